The van der Waals surface area contributed by atoms with Crippen LogP contribution in [0.2, 0.25) is 5.02 Å². The highest BCUT2D eigenvalue weighted by Crippen LogP contribution is 2.26. The molecule has 3 rings (SSSR count). The fourth-order valence-corrected chi connectivity index (χ4v) is 3.35. The Morgan fingerprint density at radius 3 is 2.57 bits per heavy atom. The second-order valence-corrected chi connectivity index (χ2v) is 6.28. The molecular formula is C15H21ClN4O. The Balaban J connectivity index is 1.57. The van der Waals surface area contributed by atoms with Crippen LogP contribution in [0.1, 0.15) is 19.3 Å². The number of hydrogen-bond acceptors (Lipinski definition) is 4. The molecule has 2 atom stereocenters. The minimum Gasteiger partial charge on any atom is -0.353 e. The van der Waals surface area contributed by atoms with Crippen LogP contribution in [0, 0.1) is 5.92 Å². The first kappa shape index (κ1) is 14.6. The summed E-state index contributed by atoms with van der Waals surface area (Å²) in [5.41, 5.74) is 6.04. The molecule has 0 radical (unpaired) electrons. The molecule has 2 fully saturated rings. The van der Waals surface area contributed by atoms with Crippen molar-refractivity contribution in [2.75, 3.05) is 31.1 Å². The lowest BCUT2D eigenvalue weighted by atomic mass is 10.0. The standard InChI is InChI=1S/C15H21ClN4O/c16-11-4-5-14(18-10-11)19-6-8-20(9-7-19)15(21)12-2-1-3-13(12)17/h4-5,10,12-13H,1-3,6-9,17H2/t12-,13+/m1/s1. The molecule has 1 aromatic rings. The van der Waals surface area contributed by atoms with Crippen LogP contribution >= 0.6 is 11.6 Å². The van der Waals surface area contributed by atoms with Gasteiger partial charge in [-0.25, -0.2) is 4.98 Å². The number of rotatable bonds is 2. The Bertz CT molecular complexity index is 499. The van der Waals surface area contributed by atoms with Crippen molar-refractivity contribution in [3.05, 3.63) is 23.4 Å². The van der Waals surface area contributed by atoms with Gasteiger partial charge in [-0.3, -0.25) is 4.79 Å². The molecule has 0 bridgehead atoms. The molecule has 0 unspecified atom stereocenters. The predicted molar refractivity (Wildman–Crippen MR) is 83.4 cm³/mol. The van der Waals surface area contributed by atoms with Crippen LogP contribution in [0.3, 0.4) is 0 Å². The molecule has 2 N–H and O–H groups in total. The second-order valence-electron chi connectivity index (χ2n) is 5.85. The lowest BCUT2D eigenvalue weighted by Crippen LogP contribution is -2.52. The molecule has 1 aliphatic carbocycles. The Labute approximate surface area is 130 Å². The van der Waals surface area contributed by atoms with Gasteiger partial charge < -0.3 is 15.5 Å². The monoisotopic (exact) mass is 308 g/mol. The number of carbonyl (C=O) groups excluding carboxylic acids is 1. The summed E-state index contributed by atoms with van der Waals surface area (Å²) >= 11 is 5.86. The summed E-state index contributed by atoms with van der Waals surface area (Å²) < 4.78 is 0. The second kappa shape index (κ2) is 6.20. The number of piperazine rings is 1. The number of aromatic nitrogens is 1. The van der Waals surface area contributed by atoms with Crippen molar-refractivity contribution in [3.8, 4) is 0 Å². The zero-order valence-corrected chi connectivity index (χ0v) is 12.8. The molecule has 6 heteroatoms. The molecular weight excluding hydrogens is 288 g/mol. The highest BCUT2D eigenvalue weighted by molar-refractivity contribution is 6.30. The van der Waals surface area contributed by atoms with Gasteiger partial charge in [-0.1, -0.05) is 18.0 Å². The van der Waals surface area contributed by atoms with Crippen molar-refractivity contribution in [1.29, 1.82) is 0 Å². The number of halogens is 1. The van der Waals surface area contributed by atoms with Crippen LogP contribution in [-0.4, -0.2) is 48.0 Å². The molecule has 21 heavy (non-hydrogen) atoms. The van der Waals surface area contributed by atoms with Crippen molar-refractivity contribution in [2.24, 2.45) is 11.7 Å². The van der Waals surface area contributed by atoms with Gasteiger partial charge in [-0.05, 0) is 25.0 Å². The molecule has 114 valence electrons. The third kappa shape index (κ3) is 3.14. The number of nitrogens with zero attached hydrogens (tertiary/aromatic N) is 3. The summed E-state index contributed by atoms with van der Waals surface area (Å²) in [6.45, 7) is 3.10. The van der Waals surface area contributed by atoms with E-state index in [9.17, 15) is 4.79 Å². The predicted octanol–water partition coefficient (Wildman–Crippen LogP) is 1.51. The summed E-state index contributed by atoms with van der Waals surface area (Å²) in [6.07, 6.45) is 4.65. The molecule has 1 saturated carbocycles. The van der Waals surface area contributed by atoms with E-state index in [1.54, 1.807) is 6.20 Å². The molecule has 1 aliphatic heterocycles. The summed E-state index contributed by atoms with van der Waals surface area (Å²) in [5.74, 6) is 1.19. The number of anilines is 1. The zero-order chi connectivity index (χ0) is 14.8. The number of carbonyl (C=O) groups is 1. The number of nitrogens with two attached hydrogens (primary N) is 1. The molecule has 2 aliphatic rings. The zero-order valence-electron chi connectivity index (χ0n) is 12.0. The quantitative estimate of drug-likeness (QED) is 0.899. The lowest BCUT2D eigenvalue weighted by molar-refractivity contribution is -0.136. The molecule has 0 aromatic carbocycles. The molecule has 5 nitrogen and oxygen atoms in total. The number of hydrogen-bond donors (Lipinski definition) is 1. The Morgan fingerprint density at radius 1 is 1.24 bits per heavy atom. The van der Waals surface area contributed by atoms with Crippen LogP contribution < -0.4 is 10.6 Å². The van der Waals surface area contributed by atoms with Crippen molar-refractivity contribution in [3.63, 3.8) is 0 Å². The number of pyridine rings is 1. The maximum Gasteiger partial charge on any atom is 0.227 e. The highest BCUT2D eigenvalue weighted by atomic mass is 35.5. The van der Waals surface area contributed by atoms with Gasteiger partial charge in [-0.2, -0.15) is 0 Å². The van der Waals surface area contributed by atoms with Gasteiger partial charge in [0.05, 0.1) is 10.9 Å². The van der Waals surface area contributed by atoms with Crippen LogP contribution in [0.4, 0.5) is 5.82 Å². The summed E-state index contributed by atoms with van der Waals surface area (Å²) in [4.78, 5) is 21.0. The van der Waals surface area contributed by atoms with E-state index in [1.807, 2.05) is 17.0 Å². The Kier molecular flexibility index (Phi) is 4.31. The maximum absolute atomic E-state index is 12.5. The fraction of sp³-hybridized carbons (Fsp3) is 0.600. The van der Waals surface area contributed by atoms with Gasteiger partial charge in [0.15, 0.2) is 0 Å². The third-order valence-corrected chi connectivity index (χ3v) is 4.74. The normalized spacial score (nSPS) is 26.2. The molecule has 2 heterocycles. The molecule has 1 aromatic heterocycles. The number of amides is 1. The highest BCUT2D eigenvalue weighted by Gasteiger charge is 2.34. The lowest BCUT2D eigenvalue weighted by Gasteiger charge is -2.37. The van der Waals surface area contributed by atoms with Crippen molar-refractivity contribution in [2.45, 2.75) is 25.3 Å². The first-order valence-electron chi connectivity index (χ1n) is 7.56. The fourth-order valence-electron chi connectivity index (χ4n) is 3.24. The first-order chi connectivity index (χ1) is 10.1. The minimum absolute atomic E-state index is 0.0326. The average molecular weight is 309 g/mol. The van der Waals surface area contributed by atoms with Crippen molar-refractivity contribution in [1.82, 2.24) is 9.88 Å². The summed E-state index contributed by atoms with van der Waals surface area (Å²) in [5, 5.41) is 0.641. The van der Waals surface area contributed by atoms with Crippen LogP contribution in [0.25, 0.3) is 0 Å². The van der Waals surface area contributed by atoms with Crippen LogP contribution in [0.15, 0.2) is 18.3 Å². The van der Waals surface area contributed by atoms with Gasteiger partial charge in [0.1, 0.15) is 5.82 Å². The van der Waals surface area contributed by atoms with Crippen LogP contribution in [0.5, 0.6) is 0 Å². The van der Waals surface area contributed by atoms with E-state index < -0.39 is 0 Å². The van der Waals surface area contributed by atoms with Crippen LogP contribution in [-0.2, 0) is 4.79 Å². The maximum atomic E-state index is 12.5. The van der Waals surface area contributed by atoms with E-state index in [0.29, 0.717) is 5.02 Å². The third-order valence-electron chi connectivity index (χ3n) is 4.51. The average Bonchev–Trinajstić information content (AvgIpc) is 2.94. The summed E-state index contributed by atoms with van der Waals surface area (Å²) in [7, 11) is 0. The topological polar surface area (TPSA) is 62.5 Å². The van der Waals surface area contributed by atoms with E-state index in [4.69, 9.17) is 17.3 Å². The van der Waals surface area contributed by atoms with Gasteiger partial charge in [0, 0.05) is 38.4 Å². The molecule has 0 spiro atoms. The van der Waals surface area contributed by atoms with Gasteiger partial charge >= 0.3 is 0 Å². The summed E-state index contributed by atoms with van der Waals surface area (Å²) in [6, 6.07) is 3.82. The SMILES string of the molecule is N[C@H]1CCC[C@H]1C(=O)N1CCN(c2ccc(Cl)cn2)CC1. The van der Waals surface area contributed by atoms with Crippen molar-refractivity contribution >= 4 is 23.3 Å². The van der Waals surface area contributed by atoms with Gasteiger partial charge in [-0.15, -0.1) is 0 Å². The van der Waals surface area contributed by atoms with Gasteiger partial charge in [0.25, 0.3) is 0 Å². The smallest absolute Gasteiger partial charge is 0.227 e. The van der Waals surface area contributed by atoms with Gasteiger partial charge in [0.2, 0.25) is 5.91 Å². The molecule has 1 amide bonds. The van der Waals surface area contributed by atoms with E-state index in [2.05, 4.69) is 9.88 Å². The van der Waals surface area contributed by atoms with E-state index in [0.717, 1.165) is 51.3 Å². The Hall–Kier alpha value is -1.33. The Morgan fingerprint density at radius 2 is 2.00 bits per heavy atom. The van der Waals surface area contributed by atoms with E-state index in [-0.39, 0.29) is 17.9 Å². The van der Waals surface area contributed by atoms with E-state index >= 15 is 0 Å². The van der Waals surface area contributed by atoms with Crippen molar-refractivity contribution < 1.29 is 4.79 Å². The first-order valence-corrected chi connectivity index (χ1v) is 7.94. The largest absolute Gasteiger partial charge is 0.353 e. The van der Waals surface area contributed by atoms with E-state index in [1.165, 1.54) is 0 Å². The molecule has 1 saturated heterocycles. The minimum atomic E-state index is 0.0326.